The highest BCUT2D eigenvalue weighted by molar-refractivity contribution is 6.08. The van der Waals surface area contributed by atoms with Gasteiger partial charge in [0.2, 0.25) is 0 Å². The van der Waals surface area contributed by atoms with Crippen LogP contribution in [-0.4, -0.2) is 19.6 Å². The molecule has 0 aliphatic heterocycles. The molecule has 1 amide bonds. The molecule has 136 valence electrons. The molecule has 1 aromatic heterocycles. The summed E-state index contributed by atoms with van der Waals surface area (Å²) in [5, 5.41) is 6.07. The molecule has 0 atom stereocenters. The van der Waals surface area contributed by atoms with Gasteiger partial charge in [0.15, 0.2) is 5.76 Å². The van der Waals surface area contributed by atoms with Crippen LogP contribution in [0.15, 0.2) is 65.1 Å². The van der Waals surface area contributed by atoms with Crippen LogP contribution < -0.4 is 10.1 Å². The molecular weight excluding hydrogens is 338 g/mol. The number of rotatable bonds is 5. The lowest BCUT2D eigenvalue weighted by Crippen LogP contribution is -2.25. The highest BCUT2D eigenvalue weighted by atomic mass is 16.5. The number of amides is 1. The standard InChI is InChI=1S/C23H21NO3/c1-15-19-12-9-17-5-3-4-6-20(17)22(19)27-21(15)23(25)24-14-13-16-7-10-18(26-2)11-8-16/h3-12H,13-14H2,1-2H3,(H,24,25). The number of aryl methyl sites for hydroxylation is 1. The summed E-state index contributed by atoms with van der Waals surface area (Å²) in [6.07, 6.45) is 0.748. The van der Waals surface area contributed by atoms with Gasteiger partial charge in [-0.15, -0.1) is 0 Å². The molecule has 3 aromatic carbocycles. The summed E-state index contributed by atoms with van der Waals surface area (Å²) >= 11 is 0. The summed E-state index contributed by atoms with van der Waals surface area (Å²) < 4.78 is 11.1. The van der Waals surface area contributed by atoms with E-state index in [1.54, 1.807) is 7.11 Å². The van der Waals surface area contributed by atoms with E-state index in [2.05, 4.69) is 11.4 Å². The fourth-order valence-electron chi connectivity index (χ4n) is 3.36. The largest absolute Gasteiger partial charge is 0.497 e. The third-order valence-electron chi connectivity index (χ3n) is 4.89. The van der Waals surface area contributed by atoms with Crippen molar-refractivity contribution in [3.8, 4) is 5.75 Å². The zero-order chi connectivity index (χ0) is 18.8. The monoisotopic (exact) mass is 359 g/mol. The zero-order valence-electron chi connectivity index (χ0n) is 15.4. The Bertz CT molecular complexity index is 1110. The normalized spacial score (nSPS) is 11.0. The highest BCUT2D eigenvalue weighted by Crippen LogP contribution is 2.31. The van der Waals surface area contributed by atoms with Crippen LogP contribution >= 0.6 is 0 Å². The van der Waals surface area contributed by atoms with Crippen LogP contribution in [0, 0.1) is 6.92 Å². The Hall–Kier alpha value is -3.27. The lowest BCUT2D eigenvalue weighted by Gasteiger charge is -2.05. The van der Waals surface area contributed by atoms with Crippen LogP contribution in [0.5, 0.6) is 5.75 Å². The number of benzene rings is 3. The molecular formula is C23H21NO3. The van der Waals surface area contributed by atoms with Gasteiger partial charge in [0, 0.05) is 22.9 Å². The maximum absolute atomic E-state index is 12.6. The molecule has 0 aliphatic rings. The summed E-state index contributed by atoms with van der Waals surface area (Å²) in [5.41, 5.74) is 2.78. The maximum atomic E-state index is 12.6. The molecule has 27 heavy (non-hydrogen) atoms. The minimum atomic E-state index is -0.179. The molecule has 0 unspecified atom stereocenters. The highest BCUT2D eigenvalue weighted by Gasteiger charge is 2.18. The van der Waals surface area contributed by atoms with E-state index in [1.165, 1.54) is 0 Å². The van der Waals surface area contributed by atoms with Crippen LogP contribution in [0.1, 0.15) is 21.7 Å². The number of fused-ring (bicyclic) bond motifs is 3. The van der Waals surface area contributed by atoms with Gasteiger partial charge in [-0.05, 0) is 36.4 Å². The van der Waals surface area contributed by atoms with Crippen molar-refractivity contribution in [2.75, 3.05) is 13.7 Å². The van der Waals surface area contributed by atoms with Gasteiger partial charge in [0.25, 0.3) is 5.91 Å². The van der Waals surface area contributed by atoms with E-state index in [0.717, 1.165) is 45.0 Å². The van der Waals surface area contributed by atoms with Crippen molar-refractivity contribution >= 4 is 27.6 Å². The first-order valence-corrected chi connectivity index (χ1v) is 8.99. The van der Waals surface area contributed by atoms with Gasteiger partial charge in [0.05, 0.1) is 7.11 Å². The Morgan fingerprint density at radius 3 is 2.56 bits per heavy atom. The van der Waals surface area contributed by atoms with Crippen LogP contribution in [0.2, 0.25) is 0 Å². The third kappa shape index (κ3) is 3.26. The summed E-state index contributed by atoms with van der Waals surface area (Å²) in [6, 6.07) is 20.0. The second-order valence-corrected chi connectivity index (χ2v) is 6.57. The van der Waals surface area contributed by atoms with Gasteiger partial charge in [-0.25, -0.2) is 0 Å². The number of hydrogen-bond acceptors (Lipinski definition) is 3. The Kier molecular flexibility index (Phi) is 4.55. The topological polar surface area (TPSA) is 51.5 Å². The molecule has 4 heteroatoms. The fourth-order valence-corrected chi connectivity index (χ4v) is 3.36. The van der Waals surface area contributed by atoms with Crippen LogP contribution in [0.25, 0.3) is 21.7 Å². The molecule has 0 bridgehead atoms. The Morgan fingerprint density at radius 1 is 1.00 bits per heavy atom. The molecule has 4 nitrogen and oxygen atoms in total. The minimum absolute atomic E-state index is 0.179. The average Bonchev–Trinajstić information content (AvgIpc) is 3.05. The second kappa shape index (κ2) is 7.16. The van der Waals surface area contributed by atoms with Crippen LogP contribution in [-0.2, 0) is 6.42 Å². The fraction of sp³-hybridized carbons (Fsp3) is 0.174. The lowest BCUT2D eigenvalue weighted by atomic mass is 10.1. The van der Waals surface area contributed by atoms with Gasteiger partial charge in [0.1, 0.15) is 11.3 Å². The molecule has 1 heterocycles. The number of carbonyl (C=O) groups is 1. The van der Waals surface area contributed by atoms with E-state index in [4.69, 9.17) is 9.15 Å². The summed E-state index contributed by atoms with van der Waals surface area (Å²) in [7, 11) is 1.65. The summed E-state index contributed by atoms with van der Waals surface area (Å²) in [4.78, 5) is 12.6. The summed E-state index contributed by atoms with van der Waals surface area (Å²) in [5.74, 6) is 1.03. The van der Waals surface area contributed by atoms with Gasteiger partial charge < -0.3 is 14.5 Å². The molecule has 0 radical (unpaired) electrons. The first kappa shape index (κ1) is 17.2. The van der Waals surface area contributed by atoms with Crippen molar-refractivity contribution in [1.82, 2.24) is 5.32 Å². The van der Waals surface area contributed by atoms with Gasteiger partial charge >= 0.3 is 0 Å². The van der Waals surface area contributed by atoms with Crippen molar-refractivity contribution in [2.24, 2.45) is 0 Å². The first-order valence-electron chi connectivity index (χ1n) is 8.99. The second-order valence-electron chi connectivity index (χ2n) is 6.57. The van der Waals surface area contributed by atoms with E-state index >= 15 is 0 Å². The maximum Gasteiger partial charge on any atom is 0.287 e. The summed E-state index contributed by atoms with van der Waals surface area (Å²) in [6.45, 7) is 2.47. The number of furan rings is 1. The average molecular weight is 359 g/mol. The van der Waals surface area contributed by atoms with E-state index in [1.807, 2.05) is 61.5 Å². The minimum Gasteiger partial charge on any atom is -0.497 e. The van der Waals surface area contributed by atoms with Crippen LogP contribution in [0.4, 0.5) is 0 Å². The SMILES string of the molecule is COc1ccc(CCNC(=O)c2oc3c(ccc4ccccc43)c2C)cc1. The molecule has 0 fully saturated rings. The smallest absolute Gasteiger partial charge is 0.287 e. The Balaban J connectivity index is 1.52. The van der Waals surface area contributed by atoms with Gasteiger partial charge in [-0.2, -0.15) is 0 Å². The molecule has 0 spiro atoms. The number of carbonyl (C=O) groups excluding carboxylic acids is 1. The molecule has 1 N–H and O–H groups in total. The van der Waals surface area contributed by atoms with E-state index in [0.29, 0.717) is 12.3 Å². The van der Waals surface area contributed by atoms with Crippen molar-refractivity contribution in [2.45, 2.75) is 13.3 Å². The quantitative estimate of drug-likeness (QED) is 0.553. The predicted molar refractivity (Wildman–Crippen MR) is 107 cm³/mol. The predicted octanol–water partition coefficient (Wildman–Crippen LogP) is 4.88. The lowest BCUT2D eigenvalue weighted by molar-refractivity contribution is 0.0928. The van der Waals surface area contributed by atoms with Crippen molar-refractivity contribution in [3.05, 3.63) is 77.6 Å². The number of hydrogen-bond donors (Lipinski definition) is 1. The Labute approximate surface area is 157 Å². The third-order valence-corrected chi connectivity index (χ3v) is 4.89. The molecule has 0 saturated carbocycles. The molecule has 0 aliphatic carbocycles. The van der Waals surface area contributed by atoms with E-state index < -0.39 is 0 Å². The van der Waals surface area contributed by atoms with Gasteiger partial charge in [-0.1, -0.05) is 48.5 Å². The van der Waals surface area contributed by atoms with Crippen molar-refractivity contribution in [3.63, 3.8) is 0 Å². The van der Waals surface area contributed by atoms with Gasteiger partial charge in [-0.3, -0.25) is 4.79 Å². The number of methoxy groups -OCH3 is 1. The molecule has 0 saturated heterocycles. The number of nitrogens with one attached hydrogen (secondary N) is 1. The Morgan fingerprint density at radius 2 is 1.78 bits per heavy atom. The van der Waals surface area contributed by atoms with E-state index in [9.17, 15) is 4.79 Å². The van der Waals surface area contributed by atoms with Crippen molar-refractivity contribution in [1.29, 1.82) is 0 Å². The molecule has 4 rings (SSSR count). The van der Waals surface area contributed by atoms with Crippen LogP contribution in [0.3, 0.4) is 0 Å². The number of ether oxygens (including phenoxy) is 1. The van der Waals surface area contributed by atoms with Crippen molar-refractivity contribution < 1.29 is 13.9 Å². The first-order chi connectivity index (χ1) is 13.2. The van der Waals surface area contributed by atoms with E-state index in [-0.39, 0.29) is 5.91 Å². The zero-order valence-corrected chi connectivity index (χ0v) is 15.4. The molecule has 4 aromatic rings.